The molecule has 1 aliphatic rings. The fourth-order valence-electron chi connectivity index (χ4n) is 2.86. The lowest BCUT2D eigenvalue weighted by Gasteiger charge is -2.33. The first-order valence-corrected chi connectivity index (χ1v) is 9.00. The second-order valence-corrected chi connectivity index (χ2v) is 8.04. The minimum Gasteiger partial charge on any atom is -0.306 e. The van der Waals surface area contributed by atoms with Crippen LogP contribution in [-0.4, -0.2) is 58.7 Å². The number of hydrogen-bond acceptors (Lipinski definition) is 4. The first-order valence-electron chi connectivity index (χ1n) is 7.60. The first-order chi connectivity index (χ1) is 11.0. The van der Waals surface area contributed by atoms with Crippen molar-refractivity contribution >= 4 is 10.2 Å². The Morgan fingerprint density at radius 3 is 2.83 bits per heavy atom. The summed E-state index contributed by atoms with van der Waals surface area (Å²) in [6, 6.07) is 3.93. The van der Waals surface area contributed by atoms with Crippen molar-refractivity contribution in [3.05, 3.63) is 42.7 Å². The van der Waals surface area contributed by atoms with Gasteiger partial charge in [0.15, 0.2) is 0 Å². The van der Waals surface area contributed by atoms with Crippen molar-refractivity contribution in [2.45, 2.75) is 18.8 Å². The summed E-state index contributed by atoms with van der Waals surface area (Å²) in [5.74, 6) is 0.113. The van der Waals surface area contributed by atoms with E-state index in [1.54, 1.807) is 37.1 Å². The van der Waals surface area contributed by atoms with Crippen molar-refractivity contribution in [1.29, 1.82) is 0 Å². The van der Waals surface area contributed by atoms with Gasteiger partial charge in [0.1, 0.15) is 0 Å². The molecular formula is C15H21N5O2S. The Morgan fingerprint density at radius 1 is 1.30 bits per heavy atom. The van der Waals surface area contributed by atoms with Crippen LogP contribution in [0.25, 0.3) is 5.69 Å². The molecule has 2 aromatic rings. The van der Waals surface area contributed by atoms with Crippen LogP contribution in [0.15, 0.2) is 37.1 Å². The molecule has 0 radical (unpaired) electrons. The molecule has 1 aliphatic heterocycles. The largest absolute Gasteiger partial charge is 0.306 e. The summed E-state index contributed by atoms with van der Waals surface area (Å²) in [4.78, 5) is 8.52. The van der Waals surface area contributed by atoms with Crippen molar-refractivity contribution in [2.75, 3.05) is 27.2 Å². The van der Waals surface area contributed by atoms with Crippen molar-refractivity contribution in [1.82, 2.24) is 23.1 Å². The van der Waals surface area contributed by atoms with Crippen molar-refractivity contribution in [3.63, 3.8) is 0 Å². The van der Waals surface area contributed by atoms with Crippen LogP contribution >= 0.6 is 0 Å². The fourth-order valence-corrected chi connectivity index (χ4v) is 4.05. The smallest absolute Gasteiger partial charge is 0.281 e. The number of rotatable bonds is 4. The van der Waals surface area contributed by atoms with E-state index >= 15 is 0 Å². The number of piperidine rings is 1. The van der Waals surface area contributed by atoms with Gasteiger partial charge in [-0.3, -0.25) is 4.98 Å². The van der Waals surface area contributed by atoms with Crippen molar-refractivity contribution in [2.24, 2.45) is 0 Å². The number of pyridine rings is 1. The van der Waals surface area contributed by atoms with E-state index in [2.05, 4.69) is 9.97 Å². The van der Waals surface area contributed by atoms with Crippen LogP contribution in [0.1, 0.15) is 24.5 Å². The van der Waals surface area contributed by atoms with E-state index in [1.165, 1.54) is 4.31 Å². The lowest BCUT2D eigenvalue weighted by molar-refractivity contribution is 0.296. The zero-order valence-electron chi connectivity index (χ0n) is 13.3. The molecule has 1 saturated heterocycles. The second kappa shape index (κ2) is 6.38. The van der Waals surface area contributed by atoms with Crippen molar-refractivity contribution < 1.29 is 8.42 Å². The molecule has 124 valence electrons. The zero-order valence-corrected chi connectivity index (χ0v) is 14.1. The Bertz CT molecular complexity index is 758. The molecule has 23 heavy (non-hydrogen) atoms. The Labute approximate surface area is 136 Å². The Hall–Kier alpha value is -1.77. The summed E-state index contributed by atoms with van der Waals surface area (Å²) in [5.41, 5.74) is 1.91. The highest BCUT2D eigenvalue weighted by molar-refractivity contribution is 7.86. The minimum absolute atomic E-state index is 0.113. The van der Waals surface area contributed by atoms with E-state index in [-0.39, 0.29) is 5.92 Å². The molecule has 0 aromatic carbocycles. The predicted molar refractivity (Wildman–Crippen MR) is 87.5 cm³/mol. The molecule has 1 atom stereocenters. The SMILES string of the molecule is CN(C)S(=O)(=O)N1CCC[C@H](c2cc(-n3ccnc3)ccn2)C1. The monoisotopic (exact) mass is 335 g/mol. The van der Waals surface area contributed by atoms with E-state index < -0.39 is 10.2 Å². The average Bonchev–Trinajstić information content (AvgIpc) is 3.09. The molecule has 0 unspecified atom stereocenters. The number of hydrogen-bond donors (Lipinski definition) is 0. The maximum Gasteiger partial charge on any atom is 0.281 e. The van der Waals surface area contributed by atoms with Crippen LogP contribution in [0.5, 0.6) is 0 Å². The molecule has 0 amide bonds. The minimum atomic E-state index is -3.37. The highest BCUT2D eigenvalue weighted by Crippen LogP contribution is 2.28. The lowest BCUT2D eigenvalue weighted by atomic mass is 9.95. The highest BCUT2D eigenvalue weighted by atomic mass is 32.2. The lowest BCUT2D eigenvalue weighted by Crippen LogP contribution is -2.45. The molecule has 0 spiro atoms. The molecule has 7 nitrogen and oxygen atoms in total. The third-order valence-electron chi connectivity index (χ3n) is 4.16. The average molecular weight is 335 g/mol. The van der Waals surface area contributed by atoms with Gasteiger partial charge in [-0.2, -0.15) is 17.0 Å². The number of imidazole rings is 1. The third-order valence-corrected chi connectivity index (χ3v) is 6.06. The maximum absolute atomic E-state index is 12.3. The molecular weight excluding hydrogens is 314 g/mol. The topological polar surface area (TPSA) is 71.3 Å². The molecule has 8 heteroatoms. The molecule has 2 aromatic heterocycles. The van der Waals surface area contributed by atoms with Gasteiger partial charge < -0.3 is 4.57 Å². The second-order valence-electron chi connectivity index (χ2n) is 5.90. The Kier molecular flexibility index (Phi) is 4.47. The summed E-state index contributed by atoms with van der Waals surface area (Å²) in [7, 11) is -0.238. The molecule has 0 N–H and O–H groups in total. The van der Waals surface area contributed by atoms with Crippen LogP contribution in [0.4, 0.5) is 0 Å². The summed E-state index contributed by atoms with van der Waals surface area (Å²) in [6.07, 6.45) is 8.90. The maximum atomic E-state index is 12.3. The van der Waals surface area contributed by atoms with Crippen LogP contribution < -0.4 is 0 Å². The Balaban J connectivity index is 1.83. The quantitative estimate of drug-likeness (QED) is 0.843. The van der Waals surface area contributed by atoms with Crippen molar-refractivity contribution in [3.8, 4) is 5.69 Å². The van der Waals surface area contributed by atoms with Crippen LogP contribution in [0.3, 0.4) is 0 Å². The highest BCUT2D eigenvalue weighted by Gasteiger charge is 2.31. The van der Waals surface area contributed by atoms with E-state index in [0.717, 1.165) is 24.2 Å². The first kappa shape index (κ1) is 16.1. The zero-order chi connectivity index (χ0) is 16.4. The van der Waals surface area contributed by atoms with Gasteiger partial charge in [0.25, 0.3) is 10.2 Å². The van der Waals surface area contributed by atoms with Crippen LogP contribution in [0, 0.1) is 0 Å². The summed E-state index contributed by atoms with van der Waals surface area (Å²) >= 11 is 0. The predicted octanol–water partition coefficient (Wildman–Crippen LogP) is 1.25. The van der Waals surface area contributed by atoms with Gasteiger partial charge in [-0.05, 0) is 25.0 Å². The van der Waals surface area contributed by atoms with Gasteiger partial charge in [0.2, 0.25) is 0 Å². The molecule has 1 fully saturated rings. The molecule has 0 aliphatic carbocycles. The summed E-state index contributed by atoms with van der Waals surface area (Å²) in [6.45, 7) is 1.04. The molecule has 0 bridgehead atoms. The van der Waals surface area contributed by atoms with Gasteiger partial charge in [0.05, 0.1) is 6.33 Å². The van der Waals surface area contributed by atoms with E-state index in [4.69, 9.17) is 0 Å². The normalized spacial score (nSPS) is 20.0. The Morgan fingerprint density at radius 2 is 2.13 bits per heavy atom. The van der Waals surface area contributed by atoms with Gasteiger partial charge in [0, 0.05) is 63.1 Å². The third kappa shape index (κ3) is 3.29. The van der Waals surface area contributed by atoms with Gasteiger partial charge in [-0.1, -0.05) is 0 Å². The van der Waals surface area contributed by atoms with E-state index in [1.807, 2.05) is 22.9 Å². The number of aromatic nitrogens is 3. The van der Waals surface area contributed by atoms with E-state index in [0.29, 0.717) is 13.1 Å². The summed E-state index contributed by atoms with van der Waals surface area (Å²) in [5, 5.41) is 0. The standard InChI is InChI=1S/C15H21N5O2S/c1-18(2)23(21,22)20-8-3-4-13(11-20)15-10-14(5-6-17-15)19-9-7-16-12-19/h5-7,9-10,12-13H,3-4,8,11H2,1-2H3/t13-/m0/s1. The van der Waals surface area contributed by atoms with Gasteiger partial charge in [-0.25, -0.2) is 4.98 Å². The molecule has 3 rings (SSSR count). The molecule has 3 heterocycles. The van der Waals surface area contributed by atoms with Gasteiger partial charge >= 0.3 is 0 Å². The molecule has 0 saturated carbocycles. The van der Waals surface area contributed by atoms with E-state index in [9.17, 15) is 8.42 Å². The fraction of sp³-hybridized carbons (Fsp3) is 0.467. The van der Waals surface area contributed by atoms with Crippen LogP contribution in [-0.2, 0) is 10.2 Å². The van der Waals surface area contributed by atoms with Crippen LogP contribution in [0.2, 0.25) is 0 Å². The summed E-state index contributed by atoms with van der Waals surface area (Å²) < 4.78 is 29.4. The van der Waals surface area contributed by atoms with Gasteiger partial charge in [-0.15, -0.1) is 0 Å². The number of nitrogens with zero attached hydrogens (tertiary/aromatic N) is 5.